The standard InChI is InChI=1S/C10H20N4O3S/c1-3-9-12-6-10(13-9)18(15,16)14-8(4-5-11)7-17-2/h6,8,14H,3-5,7,11H2,1-2H3,(H,12,13). The molecule has 7 nitrogen and oxygen atoms in total. The number of H-pyrrole nitrogens is 1. The molecule has 1 unspecified atom stereocenters. The number of imidazole rings is 1. The lowest BCUT2D eigenvalue weighted by Gasteiger charge is -2.16. The predicted molar refractivity (Wildman–Crippen MR) is 67.6 cm³/mol. The third-order valence-corrected chi connectivity index (χ3v) is 3.86. The third kappa shape index (κ3) is 4.05. The highest BCUT2D eigenvalue weighted by Crippen LogP contribution is 2.07. The highest BCUT2D eigenvalue weighted by Gasteiger charge is 2.21. The summed E-state index contributed by atoms with van der Waals surface area (Å²) in [6.45, 7) is 2.57. The van der Waals surface area contributed by atoms with E-state index in [1.807, 2.05) is 6.92 Å². The monoisotopic (exact) mass is 276 g/mol. The number of hydrogen-bond acceptors (Lipinski definition) is 5. The van der Waals surface area contributed by atoms with Crippen LogP contribution in [-0.2, 0) is 21.2 Å². The Bertz CT molecular complexity index is 451. The van der Waals surface area contributed by atoms with Crippen LogP contribution in [0.15, 0.2) is 11.2 Å². The van der Waals surface area contributed by atoms with Gasteiger partial charge in [0.15, 0.2) is 5.03 Å². The molecule has 0 bridgehead atoms. The van der Waals surface area contributed by atoms with Gasteiger partial charge in [0.2, 0.25) is 0 Å². The van der Waals surface area contributed by atoms with E-state index in [0.717, 1.165) is 0 Å². The molecule has 0 spiro atoms. The SMILES string of the molecule is CCc1ncc(S(=O)(=O)NC(CCN)COC)[nH]1. The van der Waals surface area contributed by atoms with Crippen molar-refractivity contribution in [2.24, 2.45) is 5.73 Å². The van der Waals surface area contributed by atoms with E-state index in [-0.39, 0.29) is 17.7 Å². The Hall–Kier alpha value is -0.960. The topological polar surface area (TPSA) is 110 Å². The van der Waals surface area contributed by atoms with Crippen molar-refractivity contribution < 1.29 is 13.2 Å². The number of hydrogen-bond donors (Lipinski definition) is 3. The predicted octanol–water partition coefficient (Wildman–Crippen LogP) is -0.386. The molecule has 1 aromatic rings. The Morgan fingerprint density at radius 1 is 1.61 bits per heavy atom. The van der Waals surface area contributed by atoms with E-state index in [2.05, 4.69) is 14.7 Å². The zero-order valence-electron chi connectivity index (χ0n) is 10.6. The molecular weight excluding hydrogens is 256 g/mol. The third-order valence-electron chi connectivity index (χ3n) is 2.43. The molecule has 0 amide bonds. The quantitative estimate of drug-likeness (QED) is 0.599. The maximum Gasteiger partial charge on any atom is 0.257 e. The van der Waals surface area contributed by atoms with Gasteiger partial charge < -0.3 is 15.5 Å². The molecule has 0 radical (unpaired) electrons. The van der Waals surface area contributed by atoms with E-state index in [1.165, 1.54) is 13.3 Å². The molecule has 4 N–H and O–H groups in total. The number of aromatic nitrogens is 2. The van der Waals surface area contributed by atoms with Crippen molar-refractivity contribution in [3.05, 3.63) is 12.0 Å². The van der Waals surface area contributed by atoms with Gasteiger partial charge in [-0.3, -0.25) is 0 Å². The maximum absolute atomic E-state index is 12.0. The molecule has 1 aromatic heterocycles. The highest BCUT2D eigenvalue weighted by atomic mass is 32.2. The molecule has 0 aliphatic carbocycles. The van der Waals surface area contributed by atoms with Crippen molar-refractivity contribution in [1.29, 1.82) is 0 Å². The second-order valence-corrected chi connectivity index (χ2v) is 5.58. The zero-order valence-corrected chi connectivity index (χ0v) is 11.5. The van der Waals surface area contributed by atoms with Gasteiger partial charge in [-0.25, -0.2) is 18.1 Å². The molecular formula is C10H20N4O3S. The number of nitrogens with one attached hydrogen (secondary N) is 2. The maximum atomic E-state index is 12.0. The molecule has 0 aliphatic rings. The van der Waals surface area contributed by atoms with Gasteiger partial charge in [0.25, 0.3) is 10.0 Å². The van der Waals surface area contributed by atoms with Crippen molar-refractivity contribution in [2.75, 3.05) is 20.3 Å². The summed E-state index contributed by atoms with van der Waals surface area (Å²) >= 11 is 0. The Balaban J connectivity index is 2.78. The molecule has 0 saturated carbocycles. The molecule has 8 heteroatoms. The molecule has 1 rings (SSSR count). The summed E-state index contributed by atoms with van der Waals surface area (Å²) in [6, 6.07) is -0.335. The number of aromatic amines is 1. The van der Waals surface area contributed by atoms with Gasteiger partial charge in [0.1, 0.15) is 5.82 Å². The van der Waals surface area contributed by atoms with Gasteiger partial charge in [0.05, 0.1) is 12.8 Å². The molecule has 0 aromatic carbocycles. The van der Waals surface area contributed by atoms with Crippen LogP contribution in [0, 0.1) is 0 Å². The summed E-state index contributed by atoms with van der Waals surface area (Å²) in [7, 11) is -2.08. The number of aryl methyl sites for hydroxylation is 1. The number of sulfonamides is 1. The van der Waals surface area contributed by atoms with Crippen LogP contribution in [0.4, 0.5) is 0 Å². The van der Waals surface area contributed by atoms with Crippen molar-refractivity contribution in [1.82, 2.24) is 14.7 Å². The van der Waals surface area contributed by atoms with Crippen LogP contribution in [0.1, 0.15) is 19.2 Å². The zero-order chi connectivity index (χ0) is 13.6. The summed E-state index contributed by atoms with van der Waals surface area (Å²) in [6.07, 6.45) is 2.48. The van der Waals surface area contributed by atoms with Gasteiger partial charge in [-0.1, -0.05) is 6.92 Å². The summed E-state index contributed by atoms with van der Waals surface area (Å²) in [5.41, 5.74) is 5.43. The fourth-order valence-corrected chi connectivity index (χ4v) is 2.72. The Kier molecular flexibility index (Phi) is 5.73. The van der Waals surface area contributed by atoms with Crippen LogP contribution in [0.25, 0.3) is 0 Å². The number of rotatable bonds is 8. The molecule has 104 valence electrons. The van der Waals surface area contributed by atoms with Crippen LogP contribution in [0.3, 0.4) is 0 Å². The van der Waals surface area contributed by atoms with Crippen molar-refractivity contribution >= 4 is 10.0 Å². The van der Waals surface area contributed by atoms with Crippen LogP contribution in [0.5, 0.6) is 0 Å². The fraction of sp³-hybridized carbons (Fsp3) is 0.700. The molecule has 0 aliphatic heterocycles. The van der Waals surface area contributed by atoms with Gasteiger partial charge in [-0.2, -0.15) is 0 Å². The molecule has 1 atom stereocenters. The minimum Gasteiger partial charge on any atom is -0.383 e. The van der Waals surface area contributed by atoms with E-state index < -0.39 is 10.0 Å². The summed E-state index contributed by atoms with van der Waals surface area (Å²) in [4.78, 5) is 6.73. The van der Waals surface area contributed by atoms with Gasteiger partial charge in [0, 0.05) is 19.6 Å². The van der Waals surface area contributed by atoms with Gasteiger partial charge in [-0.05, 0) is 13.0 Å². The van der Waals surface area contributed by atoms with E-state index >= 15 is 0 Å². The van der Waals surface area contributed by atoms with E-state index in [0.29, 0.717) is 25.2 Å². The van der Waals surface area contributed by atoms with Gasteiger partial charge in [-0.15, -0.1) is 0 Å². The smallest absolute Gasteiger partial charge is 0.257 e. The minimum atomic E-state index is -3.60. The van der Waals surface area contributed by atoms with E-state index in [4.69, 9.17) is 10.5 Å². The van der Waals surface area contributed by atoms with Crippen molar-refractivity contribution in [2.45, 2.75) is 30.8 Å². The largest absolute Gasteiger partial charge is 0.383 e. The average molecular weight is 276 g/mol. The van der Waals surface area contributed by atoms with Crippen LogP contribution < -0.4 is 10.5 Å². The normalized spacial score (nSPS) is 13.7. The molecule has 18 heavy (non-hydrogen) atoms. The van der Waals surface area contributed by atoms with Crippen molar-refractivity contribution in [3.63, 3.8) is 0 Å². The number of ether oxygens (including phenoxy) is 1. The van der Waals surface area contributed by atoms with Crippen LogP contribution in [-0.4, -0.2) is 44.7 Å². The van der Waals surface area contributed by atoms with E-state index in [1.54, 1.807) is 0 Å². The highest BCUT2D eigenvalue weighted by molar-refractivity contribution is 7.89. The van der Waals surface area contributed by atoms with E-state index in [9.17, 15) is 8.42 Å². The second-order valence-electron chi connectivity index (χ2n) is 3.90. The first-order chi connectivity index (χ1) is 8.53. The first kappa shape index (κ1) is 15.1. The average Bonchev–Trinajstić information content (AvgIpc) is 2.78. The molecule has 0 saturated heterocycles. The first-order valence-corrected chi connectivity index (χ1v) is 7.27. The first-order valence-electron chi connectivity index (χ1n) is 5.78. The number of nitrogens with two attached hydrogens (primary N) is 1. The lowest BCUT2D eigenvalue weighted by atomic mass is 10.2. The lowest BCUT2D eigenvalue weighted by Crippen LogP contribution is -2.39. The van der Waals surface area contributed by atoms with Gasteiger partial charge >= 0.3 is 0 Å². The van der Waals surface area contributed by atoms with Crippen molar-refractivity contribution in [3.8, 4) is 0 Å². The van der Waals surface area contributed by atoms with Crippen LogP contribution >= 0.6 is 0 Å². The minimum absolute atomic E-state index is 0.0671. The number of methoxy groups -OCH3 is 1. The summed E-state index contributed by atoms with van der Waals surface area (Å²) in [5.74, 6) is 0.637. The number of nitrogens with zero attached hydrogens (tertiary/aromatic N) is 1. The van der Waals surface area contributed by atoms with Crippen LogP contribution in [0.2, 0.25) is 0 Å². The second kappa shape index (κ2) is 6.83. The summed E-state index contributed by atoms with van der Waals surface area (Å²) in [5, 5.41) is 0.0671. The molecule has 0 fully saturated rings. The Morgan fingerprint density at radius 2 is 2.33 bits per heavy atom. The Labute approximate surface area is 107 Å². The lowest BCUT2D eigenvalue weighted by molar-refractivity contribution is 0.172. The summed E-state index contributed by atoms with van der Waals surface area (Å²) < 4.78 is 31.6. The fourth-order valence-electron chi connectivity index (χ4n) is 1.52. The molecule has 1 heterocycles. The Morgan fingerprint density at radius 3 is 2.83 bits per heavy atom.